The lowest BCUT2D eigenvalue weighted by Gasteiger charge is -2.27. The normalized spacial score (nSPS) is 16.5. The average molecular weight is 452 g/mol. The first-order chi connectivity index (χ1) is 15.2. The monoisotopic (exact) mass is 452 g/mol. The number of hydrogen-bond donors (Lipinski definition) is 2. The number of nitrogens with two attached hydrogens (primary N) is 1. The third kappa shape index (κ3) is 3.52. The summed E-state index contributed by atoms with van der Waals surface area (Å²) in [6, 6.07) is 16.7. The Morgan fingerprint density at radius 2 is 1.53 bits per heavy atom. The van der Waals surface area contributed by atoms with Crippen molar-refractivity contribution in [3.05, 3.63) is 106 Å². The van der Waals surface area contributed by atoms with Crippen LogP contribution in [0.25, 0.3) is 0 Å². The molecule has 3 aromatic rings. The Morgan fingerprint density at radius 3 is 2.09 bits per heavy atom. The lowest BCUT2D eigenvalue weighted by atomic mass is 10.1. The van der Waals surface area contributed by atoms with Crippen molar-refractivity contribution >= 4 is 27.3 Å². The first kappa shape index (κ1) is 21.3. The third-order valence-corrected chi connectivity index (χ3v) is 7.01. The number of halogens is 1. The first-order valence-corrected chi connectivity index (χ1v) is 10.9. The number of amides is 2. The summed E-state index contributed by atoms with van der Waals surface area (Å²) >= 11 is 0. The summed E-state index contributed by atoms with van der Waals surface area (Å²) in [6.07, 6.45) is 0. The molecular formula is C23H17FN2O5S. The van der Waals surface area contributed by atoms with Gasteiger partial charge in [-0.3, -0.25) is 14.5 Å². The number of anilines is 1. The number of carbonyl (C=O) groups is 2. The van der Waals surface area contributed by atoms with E-state index in [0.717, 1.165) is 17.0 Å². The van der Waals surface area contributed by atoms with Gasteiger partial charge in [-0.25, -0.2) is 12.8 Å². The zero-order chi connectivity index (χ0) is 23.0. The maximum atomic E-state index is 13.6. The molecule has 0 spiro atoms. The SMILES string of the molecule is NC(=O)c1ccc(N2C(=O)C(O)=C(S(=O)(=O)c3ccccc3)[C@H]2c2ccc(F)cc2)cc1. The lowest BCUT2D eigenvalue weighted by Crippen LogP contribution is -2.31. The topological polar surface area (TPSA) is 118 Å². The molecule has 0 aliphatic carbocycles. The van der Waals surface area contributed by atoms with Crippen LogP contribution in [0.5, 0.6) is 0 Å². The number of primary amides is 1. The number of aliphatic hydroxyl groups excluding tert-OH is 1. The van der Waals surface area contributed by atoms with Gasteiger partial charge in [0.25, 0.3) is 5.91 Å². The van der Waals surface area contributed by atoms with E-state index in [1.54, 1.807) is 6.07 Å². The van der Waals surface area contributed by atoms with Gasteiger partial charge in [0, 0.05) is 11.3 Å². The molecule has 32 heavy (non-hydrogen) atoms. The predicted molar refractivity (Wildman–Crippen MR) is 115 cm³/mol. The zero-order valence-corrected chi connectivity index (χ0v) is 17.3. The highest BCUT2D eigenvalue weighted by Gasteiger charge is 2.47. The summed E-state index contributed by atoms with van der Waals surface area (Å²) in [4.78, 5) is 24.9. The molecular weight excluding hydrogens is 435 g/mol. The molecule has 1 heterocycles. The molecule has 9 heteroatoms. The maximum absolute atomic E-state index is 13.6. The van der Waals surface area contributed by atoms with E-state index in [1.807, 2.05) is 0 Å². The van der Waals surface area contributed by atoms with Crippen molar-refractivity contribution in [2.45, 2.75) is 10.9 Å². The fourth-order valence-electron chi connectivity index (χ4n) is 3.58. The third-order valence-electron chi connectivity index (χ3n) is 5.12. The van der Waals surface area contributed by atoms with Crippen LogP contribution in [0.2, 0.25) is 0 Å². The van der Waals surface area contributed by atoms with Crippen molar-refractivity contribution in [2.24, 2.45) is 5.73 Å². The van der Waals surface area contributed by atoms with Gasteiger partial charge in [0.05, 0.1) is 4.90 Å². The van der Waals surface area contributed by atoms with E-state index in [2.05, 4.69) is 0 Å². The van der Waals surface area contributed by atoms with Crippen molar-refractivity contribution in [3.63, 3.8) is 0 Å². The number of nitrogens with zero attached hydrogens (tertiary/aromatic N) is 1. The highest BCUT2D eigenvalue weighted by Crippen LogP contribution is 2.44. The molecule has 3 aromatic carbocycles. The zero-order valence-electron chi connectivity index (χ0n) is 16.5. The second kappa shape index (κ2) is 7.93. The average Bonchev–Trinajstić information content (AvgIpc) is 3.06. The molecule has 0 fully saturated rings. The van der Waals surface area contributed by atoms with Crippen molar-refractivity contribution in [1.82, 2.24) is 0 Å². The van der Waals surface area contributed by atoms with Gasteiger partial charge in [-0.1, -0.05) is 30.3 Å². The number of benzene rings is 3. The van der Waals surface area contributed by atoms with Crippen LogP contribution in [0.3, 0.4) is 0 Å². The number of sulfone groups is 1. The van der Waals surface area contributed by atoms with Crippen LogP contribution >= 0.6 is 0 Å². The van der Waals surface area contributed by atoms with Gasteiger partial charge in [-0.2, -0.15) is 0 Å². The minimum atomic E-state index is -4.29. The molecule has 0 bridgehead atoms. The van der Waals surface area contributed by atoms with Crippen molar-refractivity contribution in [2.75, 3.05) is 4.90 Å². The van der Waals surface area contributed by atoms with Gasteiger partial charge >= 0.3 is 0 Å². The summed E-state index contributed by atoms with van der Waals surface area (Å²) in [6.45, 7) is 0. The minimum absolute atomic E-state index is 0.104. The number of aliphatic hydroxyl groups is 1. The van der Waals surface area contributed by atoms with Crippen LogP contribution in [0.15, 0.2) is 94.4 Å². The van der Waals surface area contributed by atoms with Crippen LogP contribution in [0, 0.1) is 5.82 Å². The standard InChI is InChI=1S/C23H17FN2O5S/c24-16-10-6-14(7-11-16)19-21(32(30,31)18-4-2-1-3-5-18)20(27)23(29)26(19)17-12-8-15(9-13-17)22(25)28/h1-13,19,27H,(H2,25,28)/t19-/m1/s1. The molecule has 0 unspecified atom stereocenters. The molecule has 0 saturated carbocycles. The molecule has 7 nitrogen and oxygen atoms in total. The second-order valence-corrected chi connectivity index (χ2v) is 8.99. The molecule has 1 aliphatic rings. The van der Waals surface area contributed by atoms with Crippen molar-refractivity contribution in [3.8, 4) is 0 Å². The molecule has 0 aromatic heterocycles. The second-order valence-electron chi connectivity index (χ2n) is 7.07. The number of hydrogen-bond acceptors (Lipinski definition) is 5. The Balaban J connectivity index is 1.91. The molecule has 0 radical (unpaired) electrons. The fraction of sp³-hybridized carbons (Fsp3) is 0.0435. The summed E-state index contributed by atoms with van der Waals surface area (Å²) in [5.74, 6) is -3.09. The highest BCUT2D eigenvalue weighted by atomic mass is 32.2. The molecule has 0 saturated heterocycles. The van der Waals surface area contributed by atoms with E-state index in [-0.39, 0.29) is 21.7 Å². The molecule has 1 aliphatic heterocycles. The van der Waals surface area contributed by atoms with E-state index in [9.17, 15) is 27.5 Å². The van der Waals surface area contributed by atoms with Crippen molar-refractivity contribution in [1.29, 1.82) is 0 Å². The Hall–Kier alpha value is -3.98. The van der Waals surface area contributed by atoms with Gasteiger partial charge in [0.15, 0.2) is 5.76 Å². The van der Waals surface area contributed by atoms with Crippen LogP contribution in [0.1, 0.15) is 22.0 Å². The van der Waals surface area contributed by atoms with Crippen LogP contribution in [-0.2, 0) is 14.6 Å². The molecule has 3 N–H and O–H groups in total. The minimum Gasteiger partial charge on any atom is -0.502 e. The predicted octanol–water partition coefficient (Wildman–Crippen LogP) is 3.26. The van der Waals surface area contributed by atoms with Crippen molar-refractivity contribution < 1.29 is 27.5 Å². The van der Waals surface area contributed by atoms with Gasteiger partial charge < -0.3 is 10.8 Å². The molecule has 2 amide bonds. The molecule has 162 valence electrons. The Labute approximate surface area is 183 Å². The quantitative estimate of drug-likeness (QED) is 0.616. The van der Waals surface area contributed by atoms with Crippen LogP contribution in [0.4, 0.5) is 10.1 Å². The lowest BCUT2D eigenvalue weighted by molar-refractivity contribution is -0.117. The number of carbonyl (C=O) groups excluding carboxylic acids is 2. The molecule has 1 atom stereocenters. The Bertz CT molecular complexity index is 1340. The first-order valence-electron chi connectivity index (χ1n) is 9.44. The summed E-state index contributed by atoms with van der Waals surface area (Å²) in [7, 11) is -4.29. The van der Waals surface area contributed by atoms with Gasteiger partial charge in [-0.15, -0.1) is 0 Å². The van der Waals surface area contributed by atoms with Crippen LogP contribution in [-0.4, -0.2) is 25.3 Å². The largest absolute Gasteiger partial charge is 0.502 e. The van der Waals surface area contributed by atoms with E-state index in [0.29, 0.717) is 0 Å². The van der Waals surface area contributed by atoms with E-state index >= 15 is 0 Å². The number of rotatable bonds is 5. The highest BCUT2D eigenvalue weighted by molar-refractivity contribution is 7.95. The Kier molecular flexibility index (Phi) is 5.27. The van der Waals surface area contributed by atoms with E-state index in [1.165, 1.54) is 60.7 Å². The smallest absolute Gasteiger partial charge is 0.295 e. The summed E-state index contributed by atoms with van der Waals surface area (Å²) in [5.41, 5.74) is 5.94. The van der Waals surface area contributed by atoms with E-state index in [4.69, 9.17) is 5.73 Å². The molecule has 4 rings (SSSR count). The van der Waals surface area contributed by atoms with Crippen LogP contribution < -0.4 is 10.6 Å². The van der Waals surface area contributed by atoms with Gasteiger partial charge in [-0.05, 0) is 54.1 Å². The summed E-state index contributed by atoms with van der Waals surface area (Å²) in [5, 5.41) is 10.7. The van der Waals surface area contributed by atoms with Gasteiger partial charge in [0.1, 0.15) is 16.8 Å². The van der Waals surface area contributed by atoms with E-state index < -0.39 is 44.2 Å². The summed E-state index contributed by atoms with van der Waals surface area (Å²) < 4.78 is 40.4. The van der Waals surface area contributed by atoms with Gasteiger partial charge in [0.2, 0.25) is 15.7 Å². The Morgan fingerprint density at radius 1 is 0.938 bits per heavy atom. The fourth-order valence-corrected chi connectivity index (χ4v) is 5.23. The maximum Gasteiger partial charge on any atom is 0.295 e.